The van der Waals surface area contributed by atoms with Crippen LogP contribution in [-0.4, -0.2) is 37.3 Å². The number of hydrogen-bond acceptors (Lipinski definition) is 5. The molecule has 0 spiro atoms. The van der Waals surface area contributed by atoms with Gasteiger partial charge >= 0.3 is 0 Å². The molecular weight excluding hydrogens is 376 g/mol. The topological polar surface area (TPSA) is 109 Å². The Morgan fingerprint density at radius 2 is 1.31 bits per heavy atom. The van der Waals surface area contributed by atoms with E-state index in [1.54, 1.807) is 42.5 Å². The van der Waals surface area contributed by atoms with Crippen LogP contribution in [-0.2, 0) is 20.0 Å². The summed E-state index contributed by atoms with van der Waals surface area (Å²) in [5.41, 5.74) is 0.956. The minimum Gasteiger partial charge on any atom is -0.392 e. The normalized spacial score (nSPS) is 13.5. The summed E-state index contributed by atoms with van der Waals surface area (Å²) in [4.78, 5) is 0.180. The summed E-state index contributed by atoms with van der Waals surface area (Å²) in [6.45, 7) is 6.38. The van der Waals surface area contributed by atoms with Gasteiger partial charge in [-0.1, -0.05) is 35.9 Å². The highest BCUT2D eigenvalue weighted by Crippen LogP contribution is 2.28. The van der Waals surface area contributed by atoms with Gasteiger partial charge in [0.1, 0.15) is 0 Å². The first-order valence-electron chi connectivity index (χ1n) is 7.82. The standard InChI is InChI=1S/C11H16O3S.C7H8O3S/c1-9(12)11(2,3)15(13,14)10-7-5-4-6-8-10;1-6-2-4-7(5-3-6)11(8,9)10/h4-9,12H,1-3H3;2-5H,1H3,(H,8,9,10). The second-order valence-electron chi connectivity index (χ2n) is 6.38. The molecule has 1 unspecified atom stereocenters. The molecule has 0 amide bonds. The fraction of sp³-hybridized carbons (Fsp3) is 0.333. The minimum atomic E-state index is -4.02. The van der Waals surface area contributed by atoms with Gasteiger partial charge in [-0.25, -0.2) is 8.42 Å². The smallest absolute Gasteiger partial charge is 0.294 e. The van der Waals surface area contributed by atoms with Crippen molar-refractivity contribution in [2.75, 3.05) is 0 Å². The van der Waals surface area contributed by atoms with Crippen LogP contribution in [0.3, 0.4) is 0 Å². The average molecular weight is 401 g/mol. The van der Waals surface area contributed by atoms with Crippen LogP contribution < -0.4 is 0 Å². The van der Waals surface area contributed by atoms with E-state index in [0.29, 0.717) is 0 Å². The molecule has 2 rings (SSSR count). The number of sulfone groups is 1. The first-order valence-corrected chi connectivity index (χ1v) is 10.7. The Kier molecular flexibility index (Phi) is 7.12. The molecule has 8 heteroatoms. The molecule has 6 nitrogen and oxygen atoms in total. The Balaban J connectivity index is 0.000000273. The van der Waals surface area contributed by atoms with Gasteiger partial charge in [0, 0.05) is 0 Å². The molecule has 26 heavy (non-hydrogen) atoms. The van der Waals surface area contributed by atoms with Crippen molar-refractivity contribution in [1.82, 2.24) is 0 Å². The third-order valence-corrected chi connectivity index (χ3v) is 7.56. The highest BCUT2D eigenvalue weighted by Gasteiger charge is 2.39. The summed E-state index contributed by atoms with van der Waals surface area (Å²) >= 11 is 0. The van der Waals surface area contributed by atoms with Crippen molar-refractivity contribution < 1.29 is 26.5 Å². The summed E-state index contributed by atoms with van der Waals surface area (Å²) in [5, 5.41) is 9.50. The van der Waals surface area contributed by atoms with Gasteiger partial charge < -0.3 is 5.11 Å². The Morgan fingerprint density at radius 1 is 0.846 bits per heavy atom. The number of rotatable bonds is 4. The molecule has 0 heterocycles. The van der Waals surface area contributed by atoms with E-state index in [4.69, 9.17) is 4.55 Å². The predicted octanol–water partition coefficient (Wildman–Crippen LogP) is 2.86. The van der Waals surface area contributed by atoms with E-state index in [1.165, 1.54) is 32.9 Å². The average Bonchev–Trinajstić information content (AvgIpc) is 2.55. The molecule has 2 aromatic rings. The summed E-state index contributed by atoms with van der Waals surface area (Å²) in [7, 11) is -7.51. The molecule has 0 bridgehead atoms. The van der Waals surface area contributed by atoms with Crippen molar-refractivity contribution in [1.29, 1.82) is 0 Å². The number of hydrogen-bond donors (Lipinski definition) is 2. The second-order valence-corrected chi connectivity index (χ2v) is 10.3. The molecule has 0 aromatic heterocycles. The molecule has 0 saturated carbocycles. The Morgan fingerprint density at radius 3 is 1.69 bits per heavy atom. The summed E-state index contributed by atoms with van der Waals surface area (Å²) in [6, 6.07) is 14.2. The molecule has 144 valence electrons. The maximum atomic E-state index is 12.1. The van der Waals surface area contributed by atoms with Crippen molar-refractivity contribution in [2.24, 2.45) is 0 Å². The van der Waals surface area contributed by atoms with Crippen LogP contribution in [0.25, 0.3) is 0 Å². The lowest BCUT2D eigenvalue weighted by Gasteiger charge is -2.27. The third kappa shape index (κ3) is 5.38. The second kappa shape index (κ2) is 8.30. The van der Waals surface area contributed by atoms with Crippen LogP contribution in [0.2, 0.25) is 0 Å². The van der Waals surface area contributed by atoms with Crippen molar-refractivity contribution in [3.8, 4) is 0 Å². The number of aryl methyl sites for hydroxylation is 1. The van der Waals surface area contributed by atoms with Crippen LogP contribution in [0, 0.1) is 6.92 Å². The summed E-state index contributed by atoms with van der Waals surface area (Å²) in [5.74, 6) is 0. The van der Waals surface area contributed by atoms with Gasteiger partial charge in [0.15, 0.2) is 9.84 Å². The molecule has 0 radical (unpaired) electrons. The molecule has 2 aromatic carbocycles. The van der Waals surface area contributed by atoms with Crippen molar-refractivity contribution in [2.45, 2.75) is 48.3 Å². The van der Waals surface area contributed by atoms with Gasteiger partial charge in [0.25, 0.3) is 10.1 Å². The Hall–Kier alpha value is -1.74. The summed E-state index contributed by atoms with van der Waals surface area (Å²) in [6.07, 6.45) is -0.914. The van der Waals surface area contributed by atoms with E-state index >= 15 is 0 Å². The molecule has 0 aliphatic heterocycles. The fourth-order valence-corrected chi connectivity index (χ4v) is 3.89. The van der Waals surface area contributed by atoms with Gasteiger partial charge in [0.2, 0.25) is 0 Å². The predicted molar refractivity (Wildman–Crippen MR) is 100 cm³/mol. The molecule has 1 atom stereocenters. The van der Waals surface area contributed by atoms with Gasteiger partial charge in [-0.05, 0) is 52.0 Å². The third-order valence-electron chi connectivity index (χ3n) is 4.07. The number of aliphatic hydroxyl groups is 1. The van der Waals surface area contributed by atoms with E-state index in [9.17, 15) is 21.9 Å². The van der Waals surface area contributed by atoms with E-state index in [2.05, 4.69) is 0 Å². The highest BCUT2D eigenvalue weighted by atomic mass is 32.2. The molecule has 2 N–H and O–H groups in total. The van der Waals surface area contributed by atoms with Crippen molar-refractivity contribution >= 4 is 20.0 Å². The van der Waals surface area contributed by atoms with E-state index in [0.717, 1.165) is 5.56 Å². The van der Waals surface area contributed by atoms with E-state index in [-0.39, 0.29) is 9.79 Å². The van der Waals surface area contributed by atoms with E-state index < -0.39 is 30.8 Å². The van der Waals surface area contributed by atoms with Crippen LogP contribution in [0.5, 0.6) is 0 Å². The lowest BCUT2D eigenvalue weighted by molar-refractivity contribution is 0.156. The maximum absolute atomic E-state index is 12.1. The van der Waals surface area contributed by atoms with E-state index in [1.807, 2.05) is 6.92 Å². The molecule has 0 fully saturated rings. The zero-order chi connectivity index (χ0) is 20.2. The monoisotopic (exact) mass is 400 g/mol. The summed E-state index contributed by atoms with van der Waals surface area (Å²) < 4.78 is 52.7. The zero-order valence-electron chi connectivity index (χ0n) is 15.1. The Bertz CT molecular complexity index is 913. The van der Waals surface area contributed by atoms with Crippen LogP contribution >= 0.6 is 0 Å². The Labute approximate surface area is 155 Å². The van der Waals surface area contributed by atoms with Crippen LogP contribution in [0.4, 0.5) is 0 Å². The SMILES string of the molecule is CC(O)C(C)(C)S(=O)(=O)c1ccccc1.Cc1ccc(S(=O)(=O)O)cc1. The fourth-order valence-electron chi connectivity index (χ4n) is 1.84. The molecular formula is C18H24O6S2. The zero-order valence-corrected chi connectivity index (χ0v) is 16.8. The first kappa shape index (κ1) is 22.3. The largest absolute Gasteiger partial charge is 0.392 e. The minimum absolute atomic E-state index is 0.0666. The molecule has 0 aliphatic rings. The molecule has 0 saturated heterocycles. The number of aliphatic hydroxyl groups excluding tert-OH is 1. The number of benzene rings is 2. The van der Waals surface area contributed by atoms with Gasteiger partial charge in [-0.15, -0.1) is 0 Å². The quantitative estimate of drug-likeness (QED) is 0.764. The van der Waals surface area contributed by atoms with Crippen molar-refractivity contribution in [3.05, 3.63) is 60.2 Å². The van der Waals surface area contributed by atoms with Gasteiger partial charge in [0.05, 0.1) is 20.6 Å². The van der Waals surface area contributed by atoms with Crippen LogP contribution in [0.1, 0.15) is 26.3 Å². The first-order chi connectivity index (χ1) is 11.8. The van der Waals surface area contributed by atoms with Gasteiger partial charge in [-0.3, -0.25) is 4.55 Å². The highest BCUT2D eigenvalue weighted by molar-refractivity contribution is 7.92. The lowest BCUT2D eigenvalue weighted by Crippen LogP contribution is -2.42. The van der Waals surface area contributed by atoms with Crippen LogP contribution in [0.15, 0.2) is 64.4 Å². The van der Waals surface area contributed by atoms with Crippen molar-refractivity contribution in [3.63, 3.8) is 0 Å². The maximum Gasteiger partial charge on any atom is 0.294 e. The van der Waals surface area contributed by atoms with Gasteiger partial charge in [-0.2, -0.15) is 8.42 Å². The lowest BCUT2D eigenvalue weighted by atomic mass is 10.1. The molecule has 0 aliphatic carbocycles.